The van der Waals surface area contributed by atoms with Gasteiger partial charge in [0.2, 0.25) is 5.62 Å². The van der Waals surface area contributed by atoms with Crippen LogP contribution in [0.4, 0.5) is 32.0 Å². The van der Waals surface area contributed by atoms with Gasteiger partial charge in [-0.2, -0.15) is 26.3 Å². The van der Waals surface area contributed by atoms with Gasteiger partial charge < -0.3 is 19.3 Å². The van der Waals surface area contributed by atoms with Gasteiger partial charge in [-0.05, 0) is 60.0 Å². The molecule has 0 radical (unpaired) electrons. The molecule has 0 aliphatic heterocycles. The number of aryl methyl sites for hydroxylation is 1. The molecule has 0 amide bonds. The zero-order valence-corrected chi connectivity index (χ0v) is 20.5. The van der Waals surface area contributed by atoms with Crippen LogP contribution in [0.15, 0.2) is 71.7 Å². The molecule has 1 aromatic heterocycles. The highest BCUT2D eigenvalue weighted by Crippen LogP contribution is 2.32. The molecular formula is C27H23F6N3O3. The number of alkyl halides is 6. The normalized spacial score (nSPS) is 13.7. The van der Waals surface area contributed by atoms with Crippen LogP contribution in [-0.2, 0) is 30.7 Å². The van der Waals surface area contributed by atoms with Gasteiger partial charge in [-0.1, -0.05) is 24.3 Å². The van der Waals surface area contributed by atoms with Crippen LogP contribution >= 0.6 is 0 Å². The second-order valence-corrected chi connectivity index (χ2v) is 8.99. The molecule has 0 bridgehead atoms. The number of rotatable bonds is 7. The largest absolute Gasteiger partial charge is 0.481 e. The first kappa shape index (κ1) is 28.0. The summed E-state index contributed by atoms with van der Waals surface area (Å²) in [5.41, 5.74) is 0.419. The molecule has 6 nitrogen and oxygen atoms in total. The molecule has 4 aromatic rings. The van der Waals surface area contributed by atoms with Gasteiger partial charge in [-0.15, -0.1) is 0 Å². The van der Waals surface area contributed by atoms with Gasteiger partial charge in [0, 0.05) is 13.5 Å². The zero-order chi connectivity index (χ0) is 28.5. The number of carboxylic acids is 1. The lowest BCUT2D eigenvalue weighted by atomic mass is 10.0. The zero-order valence-electron chi connectivity index (χ0n) is 20.5. The van der Waals surface area contributed by atoms with E-state index in [1.165, 1.54) is 22.8 Å². The van der Waals surface area contributed by atoms with Crippen molar-refractivity contribution in [2.75, 3.05) is 0 Å². The molecule has 206 valence electrons. The van der Waals surface area contributed by atoms with Crippen molar-refractivity contribution in [1.29, 1.82) is 0 Å². The van der Waals surface area contributed by atoms with E-state index in [0.29, 0.717) is 16.6 Å². The van der Waals surface area contributed by atoms with Gasteiger partial charge in [-0.25, -0.2) is 4.99 Å². The van der Waals surface area contributed by atoms with Gasteiger partial charge in [0.1, 0.15) is 0 Å². The smallest absolute Gasteiger partial charge is 0.416 e. The van der Waals surface area contributed by atoms with Crippen molar-refractivity contribution >= 4 is 22.7 Å². The number of hydrogen-bond acceptors (Lipinski definition) is 3. The Kier molecular flexibility index (Phi) is 7.60. The quantitative estimate of drug-likeness (QED) is 0.269. The van der Waals surface area contributed by atoms with Crippen LogP contribution < -0.4 is 5.62 Å². The number of hydrogen-bond donors (Lipinski definition) is 2. The minimum absolute atomic E-state index is 0.0170. The Labute approximate surface area is 218 Å². The van der Waals surface area contributed by atoms with E-state index in [2.05, 4.69) is 4.99 Å². The number of carbonyl (C=O) groups is 1. The van der Waals surface area contributed by atoms with Crippen molar-refractivity contribution < 1.29 is 41.4 Å². The van der Waals surface area contributed by atoms with E-state index >= 15 is 0 Å². The second-order valence-electron chi connectivity index (χ2n) is 8.99. The summed E-state index contributed by atoms with van der Waals surface area (Å²) in [6, 6.07) is 13.9. The molecule has 2 N–H and O–H groups in total. The van der Waals surface area contributed by atoms with E-state index in [4.69, 9.17) is 5.11 Å². The fourth-order valence-electron chi connectivity index (χ4n) is 4.18. The summed E-state index contributed by atoms with van der Waals surface area (Å²) in [4.78, 5) is 15.2. The van der Waals surface area contributed by atoms with Crippen molar-refractivity contribution in [2.24, 2.45) is 12.0 Å². The average molecular weight is 551 g/mol. The number of nitrogens with zero attached hydrogens (tertiary/aromatic N) is 3. The minimum atomic E-state index is -4.60. The lowest BCUT2D eigenvalue weighted by Gasteiger charge is -2.12. The van der Waals surface area contributed by atoms with Gasteiger partial charge in [0.15, 0.2) is 0 Å². The predicted molar refractivity (Wildman–Crippen MR) is 130 cm³/mol. The van der Waals surface area contributed by atoms with Crippen LogP contribution in [0.5, 0.6) is 0 Å². The molecule has 0 saturated carbocycles. The fraction of sp³-hybridized carbons (Fsp3) is 0.259. The number of aliphatic hydroxyl groups is 1. The number of halogens is 6. The number of benzene rings is 3. The maximum atomic E-state index is 13.5. The molecule has 1 heterocycles. The summed E-state index contributed by atoms with van der Waals surface area (Å²) in [5.74, 6) is -1.04. The standard InChI is InChI=1S/C27H23F6N3O3/c1-35-21-11-8-19(27(31,32)33)14-22(21)36(25(35)34-20-9-6-18(7-10-20)26(28,29)30)15-16-2-4-17(5-3-16)23(37)12-13-24(38)39/h2-11,14,23,37H,12-13,15H2,1H3,(H,38,39)/b34-25-. The molecule has 0 aliphatic rings. The summed E-state index contributed by atoms with van der Waals surface area (Å²) >= 11 is 0. The number of aromatic nitrogens is 2. The lowest BCUT2D eigenvalue weighted by molar-refractivity contribution is -0.138. The molecular weight excluding hydrogens is 528 g/mol. The van der Waals surface area contributed by atoms with E-state index in [0.717, 1.165) is 24.3 Å². The Morgan fingerprint density at radius 2 is 1.46 bits per heavy atom. The van der Waals surface area contributed by atoms with Crippen LogP contribution in [0.2, 0.25) is 0 Å². The molecule has 0 fully saturated rings. The summed E-state index contributed by atoms with van der Waals surface area (Å²) in [5, 5.41) is 19.0. The van der Waals surface area contributed by atoms with E-state index in [1.54, 1.807) is 35.9 Å². The van der Waals surface area contributed by atoms with E-state index in [9.17, 15) is 36.2 Å². The maximum absolute atomic E-state index is 13.5. The van der Waals surface area contributed by atoms with Crippen molar-refractivity contribution in [3.05, 3.63) is 94.6 Å². The molecule has 0 spiro atoms. The Morgan fingerprint density at radius 1 is 0.872 bits per heavy atom. The average Bonchev–Trinajstić information content (AvgIpc) is 3.12. The maximum Gasteiger partial charge on any atom is 0.416 e. The Bertz CT molecular complexity index is 1550. The lowest BCUT2D eigenvalue weighted by Crippen LogP contribution is -2.24. The first-order chi connectivity index (χ1) is 18.2. The van der Waals surface area contributed by atoms with Gasteiger partial charge in [0.25, 0.3) is 0 Å². The van der Waals surface area contributed by atoms with Crippen molar-refractivity contribution in [3.63, 3.8) is 0 Å². The molecule has 39 heavy (non-hydrogen) atoms. The van der Waals surface area contributed by atoms with Crippen molar-refractivity contribution in [3.8, 4) is 0 Å². The Hall–Kier alpha value is -4.06. The molecule has 4 rings (SSSR count). The van der Waals surface area contributed by atoms with E-state index < -0.39 is 35.6 Å². The topological polar surface area (TPSA) is 79.8 Å². The molecule has 12 heteroatoms. The van der Waals surface area contributed by atoms with Crippen molar-refractivity contribution in [1.82, 2.24) is 9.13 Å². The van der Waals surface area contributed by atoms with Gasteiger partial charge in [-0.3, -0.25) is 4.79 Å². The second kappa shape index (κ2) is 10.6. The number of fused-ring (bicyclic) bond motifs is 1. The summed E-state index contributed by atoms with van der Waals surface area (Å²) < 4.78 is 82.5. The fourth-order valence-corrected chi connectivity index (χ4v) is 4.18. The number of aliphatic carboxylic acids is 1. The molecule has 3 aromatic carbocycles. The van der Waals surface area contributed by atoms with Gasteiger partial charge >= 0.3 is 18.3 Å². The minimum Gasteiger partial charge on any atom is -0.481 e. The third-order valence-corrected chi connectivity index (χ3v) is 6.26. The van der Waals surface area contributed by atoms with Crippen LogP contribution in [0.3, 0.4) is 0 Å². The summed E-state index contributed by atoms with van der Waals surface area (Å²) in [7, 11) is 1.59. The van der Waals surface area contributed by atoms with E-state index in [1.807, 2.05) is 0 Å². The number of imidazole rings is 1. The molecule has 1 atom stereocenters. The highest BCUT2D eigenvalue weighted by atomic mass is 19.4. The SMILES string of the molecule is Cn1/c(=N/c2ccc(C(F)(F)F)cc2)n(Cc2ccc(C(O)CCC(=O)O)cc2)c2cc(C(F)(F)F)ccc21. The monoisotopic (exact) mass is 551 g/mol. The van der Waals surface area contributed by atoms with Crippen LogP contribution in [-0.4, -0.2) is 25.3 Å². The molecule has 0 saturated heterocycles. The first-order valence-electron chi connectivity index (χ1n) is 11.7. The summed E-state index contributed by atoms with van der Waals surface area (Å²) in [6.07, 6.45) is -10.3. The summed E-state index contributed by atoms with van der Waals surface area (Å²) in [6.45, 7) is 0.0591. The van der Waals surface area contributed by atoms with Crippen LogP contribution in [0.25, 0.3) is 11.0 Å². The molecule has 1 unspecified atom stereocenters. The Morgan fingerprint density at radius 3 is 2.03 bits per heavy atom. The third kappa shape index (κ3) is 6.33. The highest BCUT2D eigenvalue weighted by Gasteiger charge is 2.31. The first-order valence-corrected chi connectivity index (χ1v) is 11.7. The van der Waals surface area contributed by atoms with Gasteiger partial charge in [0.05, 0.1) is 40.5 Å². The Balaban J connectivity index is 1.79. The van der Waals surface area contributed by atoms with E-state index in [-0.39, 0.29) is 36.2 Å². The number of aliphatic hydroxyl groups excluding tert-OH is 1. The number of carboxylic acid groups (broad SMARTS) is 1. The van der Waals surface area contributed by atoms with Crippen molar-refractivity contribution in [2.45, 2.75) is 37.8 Å². The third-order valence-electron chi connectivity index (χ3n) is 6.26. The predicted octanol–water partition coefficient (Wildman–Crippen LogP) is 6.20. The highest BCUT2D eigenvalue weighted by molar-refractivity contribution is 5.77. The molecule has 0 aliphatic carbocycles. The van der Waals surface area contributed by atoms with Crippen LogP contribution in [0, 0.1) is 0 Å². The van der Waals surface area contributed by atoms with Crippen LogP contribution in [0.1, 0.15) is 41.2 Å².